The van der Waals surface area contributed by atoms with Gasteiger partial charge in [-0.1, -0.05) is 0 Å². The lowest BCUT2D eigenvalue weighted by molar-refractivity contribution is -0.139. The molecule has 116 valence electrons. The monoisotopic (exact) mass is 329 g/mol. The largest absolute Gasteiger partial charge is 0.480 e. The molecule has 0 radical (unpaired) electrons. The number of rotatable bonds is 7. The third-order valence-electron chi connectivity index (χ3n) is 2.80. The van der Waals surface area contributed by atoms with Crippen LogP contribution < -0.4 is 5.32 Å². The zero-order valence-corrected chi connectivity index (χ0v) is 14.1. The van der Waals surface area contributed by atoms with Gasteiger partial charge < -0.3 is 10.4 Å². The smallest absolute Gasteiger partial charge is 0.326 e. The van der Waals surface area contributed by atoms with Crippen molar-refractivity contribution in [1.82, 2.24) is 15.3 Å². The van der Waals surface area contributed by atoms with Crippen LogP contribution in [0.15, 0.2) is 5.03 Å². The lowest BCUT2D eigenvalue weighted by Crippen LogP contribution is -2.41. The fourth-order valence-electron chi connectivity index (χ4n) is 1.81. The molecule has 1 atom stereocenters. The molecule has 1 aromatic heterocycles. The number of carboxylic acid groups (broad SMARTS) is 1. The van der Waals surface area contributed by atoms with Crippen LogP contribution in [0.3, 0.4) is 0 Å². The average Bonchev–Trinajstić information content (AvgIpc) is 2.41. The number of carbonyl (C=O) groups excluding carboxylic acids is 1. The zero-order chi connectivity index (χ0) is 16.0. The molecular weight excluding hydrogens is 310 g/mol. The van der Waals surface area contributed by atoms with Crippen LogP contribution in [0.1, 0.15) is 28.3 Å². The second-order valence-corrected chi connectivity index (χ2v) is 6.17. The van der Waals surface area contributed by atoms with E-state index >= 15 is 0 Å². The maximum Gasteiger partial charge on any atom is 0.326 e. The molecule has 0 aliphatic heterocycles. The zero-order valence-electron chi connectivity index (χ0n) is 12.5. The molecule has 0 aliphatic carbocycles. The van der Waals surface area contributed by atoms with Gasteiger partial charge in [-0.3, -0.25) is 4.79 Å². The Hall–Kier alpha value is -1.28. The van der Waals surface area contributed by atoms with E-state index in [-0.39, 0.29) is 0 Å². The number of carboxylic acids is 1. The van der Waals surface area contributed by atoms with Crippen molar-refractivity contribution in [3.8, 4) is 0 Å². The summed E-state index contributed by atoms with van der Waals surface area (Å²) in [6, 6.07) is -0.902. The van der Waals surface area contributed by atoms with Crippen LogP contribution in [-0.4, -0.2) is 51.3 Å². The van der Waals surface area contributed by atoms with Crippen molar-refractivity contribution >= 4 is 35.4 Å². The highest BCUT2D eigenvalue weighted by molar-refractivity contribution is 7.98. The molecule has 0 aliphatic rings. The molecule has 8 heteroatoms. The number of nitrogens with zero attached hydrogens (tertiary/aromatic N) is 2. The summed E-state index contributed by atoms with van der Waals surface area (Å²) in [6.07, 6.45) is 4.09. The van der Waals surface area contributed by atoms with Gasteiger partial charge in [0.2, 0.25) is 0 Å². The molecule has 2 N–H and O–H groups in total. The van der Waals surface area contributed by atoms with E-state index in [1.165, 1.54) is 23.5 Å². The number of aromatic nitrogens is 2. The number of hydrogen-bond acceptors (Lipinski definition) is 6. The van der Waals surface area contributed by atoms with E-state index in [1.54, 1.807) is 13.8 Å². The van der Waals surface area contributed by atoms with Gasteiger partial charge in [-0.15, -0.1) is 11.8 Å². The minimum atomic E-state index is -1.03. The molecule has 1 heterocycles. The van der Waals surface area contributed by atoms with Gasteiger partial charge in [0.25, 0.3) is 5.91 Å². The van der Waals surface area contributed by atoms with Gasteiger partial charge in [-0.25, -0.2) is 14.8 Å². The number of nitrogens with one attached hydrogen (secondary N) is 1. The van der Waals surface area contributed by atoms with Gasteiger partial charge in [-0.2, -0.15) is 11.8 Å². The Morgan fingerprint density at radius 1 is 1.29 bits per heavy atom. The van der Waals surface area contributed by atoms with Crippen molar-refractivity contribution in [2.45, 2.75) is 31.3 Å². The van der Waals surface area contributed by atoms with Crippen molar-refractivity contribution in [2.24, 2.45) is 0 Å². The van der Waals surface area contributed by atoms with Gasteiger partial charge in [0.05, 0.1) is 11.3 Å². The van der Waals surface area contributed by atoms with Gasteiger partial charge in [0, 0.05) is 0 Å². The first-order valence-corrected chi connectivity index (χ1v) is 8.94. The highest BCUT2D eigenvalue weighted by Crippen LogP contribution is 2.20. The summed E-state index contributed by atoms with van der Waals surface area (Å²) in [6.45, 7) is 3.48. The Labute approximate surface area is 132 Å². The summed E-state index contributed by atoms with van der Waals surface area (Å²) in [5, 5.41) is 12.3. The van der Waals surface area contributed by atoms with Crippen LogP contribution in [0.25, 0.3) is 0 Å². The predicted octanol–water partition coefficient (Wildman–Crippen LogP) is 1.75. The van der Waals surface area contributed by atoms with E-state index in [9.17, 15) is 14.7 Å². The molecule has 1 unspecified atom stereocenters. The number of aliphatic carboxylic acids is 1. The first kappa shape index (κ1) is 17.8. The second-order valence-electron chi connectivity index (χ2n) is 4.39. The first-order valence-electron chi connectivity index (χ1n) is 6.32. The van der Waals surface area contributed by atoms with E-state index < -0.39 is 17.9 Å². The van der Waals surface area contributed by atoms with Crippen LogP contribution in [-0.2, 0) is 4.79 Å². The molecule has 0 aromatic carbocycles. The van der Waals surface area contributed by atoms with Crippen LogP contribution in [0.4, 0.5) is 0 Å². The SMILES string of the molecule is CSCCC(NC(=O)c1c(C)nc(C)nc1SC)C(=O)O. The van der Waals surface area contributed by atoms with E-state index in [0.29, 0.717) is 34.3 Å². The van der Waals surface area contributed by atoms with Crippen LogP contribution in [0.2, 0.25) is 0 Å². The molecular formula is C13H19N3O3S2. The van der Waals surface area contributed by atoms with Crippen molar-refractivity contribution in [3.05, 3.63) is 17.1 Å². The number of hydrogen-bond donors (Lipinski definition) is 2. The van der Waals surface area contributed by atoms with Crippen molar-refractivity contribution < 1.29 is 14.7 Å². The lowest BCUT2D eigenvalue weighted by atomic mass is 10.2. The quantitative estimate of drug-likeness (QED) is 0.581. The average molecular weight is 329 g/mol. The highest BCUT2D eigenvalue weighted by Gasteiger charge is 2.24. The fourth-order valence-corrected chi connectivity index (χ4v) is 2.95. The number of thioether (sulfide) groups is 2. The molecule has 1 rings (SSSR count). The maximum atomic E-state index is 12.4. The molecule has 21 heavy (non-hydrogen) atoms. The van der Waals surface area contributed by atoms with E-state index in [4.69, 9.17) is 0 Å². The van der Waals surface area contributed by atoms with E-state index in [2.05, 4.69) is 15.3 Å². The summed E-state index contributed by atoms with van der Waals surface area (Å²) in [4.78, 5) is 32.0. The van der Waals surface area contributed by atoms with Crippen LogP contribution >= 0.6 is 23.5 Å². The molecule has 6 nitrogen and oxygen atoms in total. The number of amides is 1. The normalized spacial score (nSPS) is 12.0. The minimum Gasteiger partial charge on any atom is -0.480 e. The Kier molecular flexibility index (Phi) is 6.97. The molecule has 0 saturated carbocycles. The van der Waals surface area contributed by atoms with E-state index in [1.807, 2.05) is 12.5 Å². The summed E-state index contributed by atoms with van der Waals surface area (Å²) in [5.74, 6) is -0.222. The predicted molar refractivity (Wildman–Crippen MR) is 85.2 cm³/mol. The van der Waals surface area contributed by atoms with Crippen molar-refractivity contribution in [2.75, 3.05) is 18.3 Å². The summed E-state index contributed by atoms with van der Waals surface area (Å²) >= 11 is 2.88. The molecule has 1 aromatic rings. The molecule has 0 saturated heterocycles. The van der Waals surface area contributed by atoms with Gasteiger partial charge in [0.1, 0.15) is 16.9 Å². The van der Waals surface area contributed by atoms with Gasteiger partial charge in [0.15, 0.2) is 0 Å². The molecule has 1 amide bonds. The Morgan fingerprint density at radius 2 is 1.95 bits per heavy atom. The standard InChI is InChI=1S/C13H19N3O3S2/c1-7-10(12(21-4)15-8(2)14-7)11(17)16-9(13(18)19)5-6-20-3/h9H,5-6H2,1-4H3,(H,16,17)(H,18,19). The topological polar surface area (TPSA) is 92.2 Å². The Bertz CT molecular complexity index is 538. The third kappa shape index (κ3) is 4.89. The fraction of sp³-hybridized carbons (Fsp3) is 0.538. The summed E-state index contributed by atoms with van der Waals surface area (Å²) in [5.41, 5.74) is 0.904. The third-order valence-corrected chi connectivity index (χ3v) is 4.13. The second kappa shape index (κ2) is 8.23. The first-order chi connectivity index (χ1) is 9.90. The van der Waals surface area contributed by atoms with Gasteiger partial charge in [-0.05, 0) is 38.5 Å². The van der Waals surface area contributed by atoms with Crippen molar-refractivity contribution in [1.29, 1.82) is 0 Å². The number of carbonyl (C=O) groups is 2. The molecule has 0 fully saturated rings. The van der Waals surface area contributed by atoms with Crippen LogP contribution in [0, 0.1) is 13.8 Å². The Balaban J connectivity index is 3.00. The number of aryl methyl sites for hydroxylation is 2. The van der Waals surface area contributed by atoms with Crippen LogP contribution in [0.5, 0.6) is 0 Å². The molecule has 0 spiro atoms. The Morgan fingerprint density at radius 3 is 2.48 bits per heavy atom. The van der Waals surface area contributed by atoms with Crippen molar-refractivity contribution in [3.63, 3.8) is 0 Å². The lowest BCUT2D eigenvalue weighted by Gasteiger charge is -2.16. The van der Waals surface area contributed by atoms with Gasteiger partial charge >= 0.3 is 5.97 Å². The van der Waals surface area contributed by atoms with E-state index in [0.717, 1.165) is 0 Å². The highest BCUT2D eigenvalue weighted by atomic mass is 32.2. The maximum absolute atomic E-state index is 12.4. The summed E-state index contributed by atoms with van der Waals surface area (Å²) in [7, 11) is 0. The minimum absolute atomic E-state index is 0.350. The molecule has 0 bridgehead atoms. The summed E-state index contributed by atoms with van der Waals surface area (Å²) < 4.78 is 0.